The number of aliphatic hydroxyl groups is 13. The standard InChI is InChI=1S/C24H42O20/c1-5-9(28)12(31)15(34)22(38-5)43-19-17(36)18(8(4-27)39-21(19)37)42-24-20(14(33)11(30)7(3-26)41-24)44-23-16(35)13(32)10(29)6(2-25)40-23/h5-37H,2-4H2,1H3/t5-,6+,7+,8+,9-,10+,11+,12+,13-,14-,15+,16+,17-,18+,19+,20+,21?,22-,23-,24-/m0/s1. The molecule has 4 heterocycles. The highest BCUT2D eigenvalue weighted by molar-refractivity contribution is 4.97. The third-order valence-corrected chi connectivity index (χ3v) is 8.17. The van der Waals surface area contributed by atoms with Gasteiger partial charge in [0.25, 0.3) is 0 Å². The molecule has 44 heavy (non-hydrogen) atoms. The number of rotatable bonds is 9. The van der Waals surface area contributed by atoms with Crippen LogP contribution >= 0.6 is 0 Å². The minimum atomic E-state index is -1.97. The maximum atomic E-state index is 11.2. The largest absolute Gasteiger partial charge is 0.394 e. The lowest BCUT2D eigenvalue weighted by molar-refractivity contribution is -0.396. The third kappa shape index (κ3) is 7.05. The van der Waals surface area contributed by atoms with E-state index in [1.165, 1.54) is 6.92 Å². The van der Waals surface area contributed by atoms with Crippen molar-refractivity contribution in [3.8, 4) is 0 Å². The second kappa shape index (κ2) is 15.0. The molecule has 0 amide bonds. The number of hydrogen-bond donors (Lipinski definition) is 13. The molecule has 20 nitrogen and oxygen atoms in total. The Morgan fingerprint density at radius 1 is 0.409 bits per heavy atom. The van der Waals surface area contributed by atoms with Crippen LogP contribution in [-0.4, -0.2) is 209 Å². The maximum absolute atomic E-state index is 11.2. The molecule has 0 spiro atoms. The van der Waals surface area contributed by atoms with Gasteiger partial charge in [0.15, 0.2) is 25.2 Å². The Bertz CT molecular complexity index is 900. The molecule has 258 valence electrons. The first kappa shape index (κ1) is 36.0. The fourth-order valence-electron chi connectivity index (χ4n) is 5.45. The van der Waals surface area contributed by atoms with Crippen molar-refractivity contribution < 1.29 is 99.5 Å². The average molecular weight is 651 g/mol. The molecule has 0 aromatic heterocycles. The van der Waals surface area contributed by atoms with E-state index in [2.05, 4.69) is 0 Å². The summed E-state index contributed by atoms with van der Waals surface area (Å²) in [6, 6.07) is 0. The number of aliphatic hydroxyl groups excluding tert-OH is 13. The predicted octanol–water partition coefficient (Wildman–Crippen LogP) is -8.72. The fraction of sp³-hybridized carbons (Fsp3) is 1.00. The number of hydrogen-bond acceptors (Lipinski definition) is 20. The molecule has 4 aliphatic heterocycles. The quantitative estimate of drug-likeness (QED) is 0.110. The van der Waals surface area contributed by atoms with Crippen LogP contribution < -0.4 is 0 Å². The van der Waals surface area contributed by atoms with Crippen LogP contribution in [0.2, 0.25) is 0 Å². The van der Waals surface area contributed by atoms with Crippen LogP contribution in [0.15, 0.2) is 0 Å². The summed E-state index contributed by atoms with van der Waals surface area (Å²) < 4.78 is 38.4. The van der Waals surface area contributed by atoms with Gasteiger partial charge in [0.2, 0.25) is 0 Å². The molecule has 0 aromatic rings. The lowest BCUT2D eigenvalue weighted by Crippen LogP contribution is -2.67. The molecule has 20 heteroatoms. The molecule has 0 aliphatic carbocycles. The van der Waals surface area contributed by atoms with Crippen molar-refractivity contribution in [3.05, 3.63) is 0 Å². The van der Waals surface area contributed by atoms with Gasteiger partial charge in [-0.2, -0.15) is 0 Å². The molecule has 0 bridgehead atoms. The van der Waals surface area contributed by atoms with E-state index in [0.717, 1.165) is 0 Å². The Kier molecular flexibility index (Phi) is 12.3. The van der Waals surface area contributed by atoms with Gasteiger partial charge in [0.1, 0.15) is 91.6 Å². The van der Waals surface area contributed by atoms with Gasteiger partial charge in [0.05, 0.1) is 25.9 Å². The molecule has 0 saturated carbocycles. The molecular formula is C24H42O20. The van der Waals surface area contributed by atoms with E-state index in [9.17, 15) is 66.4 Å². The summed E-state index contributed by atoms with van der Waals surface area (Å²) in [6.45, 7) is -1.19. The summed E-state index contributed by atoms with van der Waals surface area (Å²) in [5.41, 5.74) is 0. The van der Waals surface area contributed by atoms with E-state index in [-0.39, 0.29) is 0 Å². The van der Waals surface area contributed by atoms with Crippen LogP contribution in [0.25, 0.3) is 0 Å². The Morgan fingerprint density at radius 3 is 1.43 bits per heavy atom. The molecule has 1 unspecified atom stereocenters. The normalized spacial score (nSPS) is 53.9. The van der Waals surface area contributed by atoms with E-state index in [0.29, 0.717) is 0 Å². The van der Waals surface area contributed by atoms with Crippen molar-refractivity contribution in [1.82, 2.24) is 0 Å². The Hall–Kier alpha value is -0.800. The summed E-state index contributed by atoms with van der Waals surface area (Å²) in [6.07, 6.45) is -34.6. The van der Waals surface area contributed by atoms with Crippen molar-refractivity contribution in [2.75, 3.05) is 19.8 Å². The van der Waals surface area contributed by atoms with Gasteiger partial charge in [-0.25, -0.2) is 0 Å². The second-order valence-electron chi connectivity index (χ2n) is 11.1. The van der Waals surface area contributed by atoms with Gasteiger partial charge in [-0.3, -0.25) is 0 Å². The van der Waals surface area contributed by atoms with Gasteiger partial charge in [-0.15, -0.1) is 0 Å². The van der Waals surface area contributed by atoms with Crippen molar-refractivity contribution in [1.29, 1.82) is 0 Å². The zero-order chi connectivity index (χ0) is 32.6. The lowest BCUT2D eigenvalue weighted by Gasteiger charge is -2.49. The van der Waals surface area contributed by atoms with Crippen LogP contribution in [0.5, 0.6) is 0 Å². The minimum absolute atomic E-state index is 0.814. The topological polar surface area (TPSA) is 328 Å². The highest BCUT2D eigenvalue weighted by Crippen LogP contribution is 2.34. The predicted molar refractivity (Wildman–Crippen MR) is 132 cm³/mol. The molecule has 4 fully saturated rings. The van der Waals surface area contributed by atoms with E-state index in [1.807, 2.05) is 0 Å². The number of ether oxygens (including phenoxy) is 7. The van der Waals surface area contributed by atoms with Gasteiger partial charge in [0, 0.05) is 0 Å². The first-order valence-electron chi connectivity index (χ1n) is 14.0. The smallest absolute Gasteiger partial charge is 0.187 e. The lowest BCUT2D eigenvalue weighted by atomic mass is 9.96. The average Bonchev–Trinajstić information content (AvgIpc) is 3.00. The summed E-state index contributed by atoms with van der Waals surface area (Å²) in [5, 5.41) is 133. The Labute approximate surface area is 249 Å². The molecule has 4 rings (SSSR count). The van der Waals surface area contributed by atoms with E-state index in [4.69, 9.17) is 33.2 Å². The Balaban J connectivity index is 1.56. The van der Waals surface area contributed by atoms with Crippen LogP contribution in [0.3, 0.4) is 0 Å². The molecule has 0 aromatic carbocycles. The van der Waals surface area contributed by atoms with Crippen molar-refractivity contribution in [2.24, 2.45) is 0 Å². The van der Waals surface area contributed by atoms with Crippen molar-refractivity contribution >= 4 is 0 Å². The van der Waals surface area contributed by atoms with E-state index in [1.54, 1.807) is 0 Å². The summed E-state index contributed by atoms with van der Waals surface area (Å²) in [7, 11) is 0. The van der Waals surface area contributed by atoms with Crippen LogP contribution in [0, 0.1) is 0 Å². The van der Waals surface area contributed by atoms with Crippen molar-refractivity contribution in [2.45, 2.75) is 130 Å². The highest BCUT2D eigenvalue weighted by Gasteiger charge is 2.55. The molecule has 4 saturated heterocycles. The Morgan fingerprint density at radius 2 is 0.864 bits per heavy atom. The first-order chi connectivity index (χ1) is 20.7. The van der Waals surface area contributed by atoms with E-state index < -0.39 is 143 Å². The van der Waals surface area contributed by atoms with Crippen LogP contribution in [0.4, 0.5) is 0 Å². The summed E-state index contributed by atoms with van der Waals surface area (Å²) in [4.78, 5) is 0. The fourth-order valence-corrected chi connectivity index (χ4v) is 5.45. The molecule has 0 radical (unpaired) electrons. The van der Waals surface area contributed by atoms with Crippen LogP contribution in [-0.2, 0) is 33.2 Å². The first-order valence-corrected chi connectivity index (χ1v) is 14.0. The zero-order valence-corrected chi connectivity index (χ0v) is 23.3. The van der Waals surface area contributed by atoms with Gasteiger partial charge < -0.3 is 99.5 Å². The summed E-state index contributed by atoms with van der Waals surface area (Å²) >= 11 is 0. The van der Waals surface area contributed by atoms with Gasteiger partial charge in [-0.05, 0) is 6.92 Å². The molecule has 20 atom stereocenters. The molecular weight excluding hydrogens is 608 g/mol. The summed E-state index contributed by atoms with van der Waals surface area (Å²) in [5.74, 6) is 0. The van der Waals surface area contributed by atoms with Crippen LogP contribution in [0.1, 0.15) is 6.92 Å². The third-order valence-electron chi connectivity index (χ3n) is 8.17. The van der Waals surface area contributed by atoms with Gasteiger partial charge in [-0.1, -0.05) is 0 Å². The van der Waals surface area contributed by atoms with Crippen molar-refractivity contribution in [3.63, 3.8) is 0 Å². The van der Waals surface area contributed by atoms with Gasteiger partial charge >= 0.3 is 0 Å². The van der Waals surface area contributed by atoms with E-state index >= 15 is 0 Å². The molecule has 13 N–H and O–H groups in total. The minimum Gasteiger partial charge on any atom is -0.394 e. The second-order valence-corrected chi connectivity index (χ2v) is 11.1. The maximum Gasteiger partial charge on any atom is 0.187 e. The molecule has 4 aliphatic rings. The monoisotopic (exact) mass is 650 g/mol. The SMILES string of the molecule is C[C@@H]1O[C@@H](O[C@H]2C(O)O[C@H](CO)[C@@H](O[C@@H]3O[C@H](CO)[C@@H](O)[C@H](O)[C@H]3O[C@@H]3O[C@H](CO)[C@@H](O)[C@H](O)[C@H]3O)[C@@H]2O)[C@H](O)[C@H](O)[C@H]1O. The highest BCUT2D eigenvalue weighted by atomic mass is 16.8. The zero-order valence-electron chi connectivity index (χ0n) is 23.3.